The Balaban J connectivity index is 1.84. The lowest BCUT2D eigenvalue weighted by Gasteiger charge is -2.24. The van der Waals surface area contributed by atoms with Crippen molar-refractivity contribution in [2.45, 2.75) is 38.5 Å². The fraction of sp³-hybridized carbons (Fsp3) is 0.579. The summed E-state index contributed by atoms with van der Waals surface area (Å²) >= 11 is 0. The highest BCUT2D eigenvalue weighted by atomic mass is 16.5. The summed E-state index contributed by atoms with van der Waals surface area (Å²) in [7, 11) is 1.72. The molecular formula is C19H27NO4. The Kier molecular flexibility index (Phi) is 7.25. The predicted molar refractivity (Wildman–Crippen MR) is 92.1 cm³/mol. The van der Waals surface area contributed by atoms with Crippen LogP contribution in [0.15, 0.2) is 24.3 Å². The van der Waals surface area contributed by atoms with Crippen LogP contribution in [0.3, 0.4) is 0 Å². The number of benzene rings is 1. The Labute approximate surface area is 143 Å². The van der Waals surface area contributed by atoms with E-state index in [-0.39, 0.29) is 11.5 Å². The molecule has 24 heavy (non-hydrogen) atoms. The molecule has 1 amide bonds. The summed E-state index contributed by atoms with van der Waals surface area (Å²) in [6.07, 6.45) is 5.56. The second-order valence-electron chi connectivity index (χ2n) is 6.49. The van der Waals surface area contributed by atoms with E-state index in [0.29, 0.717) is 18.8 Å². The zero-order valence-electron chi connectivity index (χ0n) is 14.4. The fourth-order valence-electron chi connectivity index (χ4n) is 3.20. The van der Waals surface area contributed by atoms with Crippen molar-refractivity contribution in [2.24, 2.45) is 5.92 Å². The van der Waals surface area contributed by atoms with Crippen LogP contribution in [0.25, 0.3) is 0 Å². The highest BCUT2D eigenvalue weighted by Crippen LogP contribution is 2.20. The van der Waals surface area contributed by atoms with E-state index in [2.05, 4.69) is 0 Å². The second-order valence-corrected chi connectivity index (χ2v) is 6.49. The average Bonchev–Trinajstić information content (AvgIpc) is 2.84. The van der Waals surface area contributed by atoms with Gasteiger partial charge in [0.15, 0.2) is 0 Å². The molecule has 0 aromatic heterocycles. The molecule has 1 aliphatic heterocycles. The summed E-state index contributed by atoms with van der Waals surface area (Å²) in [6.45, 7) is 2.43. The lowest BCUT2D eigenvalue weighted by atomic mass is 10.00. The predicted octanol–water partition coefficient (Wildman–Crippen LogP) is 2.98. The molecule has 5 heteroatoms. The lowest BCUT2D eigenvalue weighted by Crippen LogP contribution is -2.35. The van der Waals surface area contributed by atoms with Crippen molar-refractivity contribution in [2.75, 3.05) is 26.8 Å². The van der Waals surface area contributed by atoms with Gasteiger partial charge in [-0.2, -0.15) is 0 Å². The molecule has 0 bridgehead atoms. The fourth-order valence-corrected chi connectivity index (χ4v) is 3.20. The maximum atomic E-state index is 12.5. The molecule has 0 radical (unpaired) electrons. The molecule has 1 N–H and O–H groups in total. The molecule has 1 atom stereocenters. The summed E-state index contributed by atoms with van der Waals surface area (Å²) in [6, 6.07) is 6.77. The number of ether oxygens (including phenoxy) is 1. The molecule has 1 saturated heterocycles. The molecule has 1 aliphatic rings. The lowest BCUT2D eigenvalue weighted by molar-refractivity contribution is -0.131. The maximum absolute atomic E-state index is 12.5. The Morgan fingerprint density at radius 3 is 2.67 bits per heavy atom. The Hall–Kier alpha value is -1.88. The van der Waals surface area contributed by atoms with Crippen LogP contribution in [0.1, 0.15) is 48.0 Å². The van der Waals surface area contributed by atoms with E-state index in [9.17, 15) is 9.59 Å². The van der Waals surface area contributed by atoms with Gasteiger partial charge >= 0.3 is 5.97 Å². The van der Waals surface area contributed by atoms with Crippen LogP contribution in [-0.2, 0) is 16.0 Å². The van der Waals surface area contributed by atoms with Gasteiger partial charge in [-0.25, -0.2) is 4.79 Å². The molecule has 0 saturated carbocycles. The molecule has 2 rings (SSSR count). The number of methoxy groups -OCH3 is 1. The summed E-state index contributed by atoms with van der Waals surface area (Å²) < 4.78 is 5.17. The third-order valence-corrected chi connectivity index (χ3v) is 4.68. The monoisotopic (exact) mass is 333 g/mol. The SMILES string of the molecule is COCCC1CCCCN(C(=O)CCc2ccc(C(=O)O)cc2)C1. The van der Waals surface area contributed by atoms with Gasteiger partial charge in [-0.05, 0) is 49.3 Å². The average molecular weight is 333 g/mol. The van der Waals surface area contributed by atoms with Gasteiger partial charge < -0.3 is 14.7 Å². The van der Waals surface area contributed by atoms with E-state index >= 15 is 0 Å². The zero-order valence-corrected chi connectivity index (χ0v) is 14.4. The molecule has 1 unspecified atom stereocenters. The number of rotatable bonds is 7. The zero-order chi connectivity index (χ0) is 17.4. The highest BCUT2D eigenvalue weighted by molar-refractivity contribution is 5.87. The molecule has 1 aromatic rings. The second kappa shape index (κ2) is 9.42. The van der Waals surface area contributed by atoms with Crippen LogP contribution in [-0.4, -0.2) is 48.7 Å². The largest absolute Gasteiger partial charge is 0.478 e. The first kappa shape index (κ1) is 18.5. The molecule has 1 heterocycles. The van der Waals surface area contributed by atoms with Crippen LogP contribution in [0.4, 0.5) is 0 Å². The first-order valence-corrected chi connectivity index (χ1v) is 8.69. The molecular weight excluding hydrogens is 306 g/mol. The van der Waals surface area contributed by atoms with Crippen LogP contribution in [0, 0.1) is 5.92 Å². The quantitative estimate of drug-likeness (QED) is 0.833. The summed E-state index contributed by atoms with van der Waals surface area (Å²) in [5.41, 5.74) is 1.28. The van der Waals surface area contributed by atoms with Gasteiger partial charge in [0.1, 0.15) is 0 Å². The molecule has 1 fully saturated rings. The van der Waals surface area contributed by atoms with E-state index in [4.69, 9.17) is 9.84 Å². The standard InChI is InChI=1S/C19H27NO4/c1-24-13-11-16-4-2-3-12-20(14-16)18(21)10-7-15-5-8-17(9-6-15)19(22)23/h5-6,8-9,16H,2-4,7,10-14H2,1H3,(H,22,23). The highest BCUT2D eigenvalue weighted by Gasteiger charge is 2.21. The maximum Gasteiger partial charge on any atom is 0.335 e. The van der Waals surface area contributed by atoms with E-state index in [1.807, 2.05) is 4.90 Å². The van der Waals surface area contributed by atoms with E-state index in [1.165, 1.54) is 12.8 Å². The van der Waals surface area contributed by atoms with Crippen molar-refractivity contribution in [3.05, 3.63) is 35.4 Å². The third kappa shape index (κ3) is 5.64. The molecule has 0 aliphatic carbocycles. The normalized spacial score (nSPS) is 18.2. The van der Waals surface area contributed by atoms with E-state index in [0.717, 1.165) is 38.1 Å². The van der Waals surface area contributed by atoms with Crippen LogP contribution >= 0.6 is 0 Å². The van der Waals surface area contributed by atoms with Gasteiger partial charge in [0.05, 0.1) is 5.56 Å². The number of carboxylic acids is 1. The van der Waals surface area contributed by atoms with Gasteiger partial charge in [0, 0.05) is 33.2 Å². The van der Waals surface area contributed by atoms with Crippen molar-refractivity contribution in [3.8, 4) is 0 Å². The van der Waals surface area contributed by atoms with Crippen molar-refractivity contribution < 1.29 is 19.4 Å². The minimum absolute atomic E-state index is 0.196. The van der Waals surface area contributed by atoms with Gasteiger partial charge in [-0.3, -0.25) is 4.79 Å². The molecule has 0 spiro atoms. The third-order valence-electron chi connectivity index (χ3n) is 4.68. The van der Waals surface area contributed by atoms with Gasteiger partial charge in [-0.1, -0.05) is 18.6 Å². The number of hydrogen-bond acceptors (Lipinski definition) is 3. The summed E-state index contributed by atoms with van der Waals surface area (Å²) in [5, 5.41) is 8.91. The number of carbonyl (C=O) groups excluding carboxylic acids is 1. The number of carbonyl (C=O) groups is 2. The number of carboxylic acid groups (broad SMARTS) is 1. The van der Waals surface area contributed by atoms with Crippen LogP contribution < -0.4 is 0 Å². The molecule has 1 aromatic carbocycles. The van der Waals surface area contributed by atoms with Gasteiger partial charge in [0.25, 0.3) is 0 Å². The van der Waals surface area contributed by atoms with Gasteiger partial charge in [0.2, 0.25) is 5.91 Å². The smallest absolute Gasteiger partial charge is 0.335 e. The van der Waals surface area contributed by atoms with Crippen molar-refractivity contribution in [1.82, 2.24) is 4.90 Å². The molecule has 5 nitrogen and oxygen atoms in total. The Bertz CT molecular complexity index is 541. The van der Waals surface area contributed by atoms with E-state index < -0.39 is 5.97 Å². The van der Waals surface area contributed by atoms with Crippen molar-refractivity contribution in [3.63, 3.8) is 0 Å². The van der Waals surface area contributed by atoms with Crippen LogP contribution in [0.2, 0.25) is 0 Å². The number of nitrogens with zero attached hydrogens (tertiary/aromatic N) is 1. The van der Waals surface area contributed by atoms with Crippen molar-refractivity contribution in [1.29, 1.82) is 0 Å². The van der Waals surface area contributed by atoms with Crippen LogP contribution in [0.5, 0.6) is 0 Å². The summed E-state index contributed by atoms with van der Waals surface area (Å²) in [4.78, 5) is 25.4. The number of hydrogen-bond donors (Lipinski definition) is 1. The molecule has 132 valence electrons. The first-order chi connectivity index (χ1) is 11.6. The summed E-state index contributed by atoms with van der Waals surface area (Å²) in [5.74, 6) is -0.197. The topological polar surface area (TPSA) is 66.8 Å². The Morgan fingerprint density at radius 1 is 1.25 bits per heavy atom. The van der Waals surface area contributed by atoms with Crippen molar-refractivity contribution >= 4 is 11.9 Å². The van der Waals surface area contributed by atoms with E-state index in [1.54, 1.807) is 31.4 Å². The first-order valence-electron chi connectivity index (χ1n) is 8.69. The number of amides is 1. The minimum atomic E-state index is -0.927. The van der Waals surface area contributed by atoms with Gasteiger partial charge in [-0.15, -0.1) is 0 Å². The minimum Gasteiger partial charge on any atom is -0.478 e. The number of aromatic carboxylic acids is 1. The number of aryl methyl sites for hydroxylation is 1. The number of likely N-dealkylation sites (tertiary alicyclic amines) is 1. The Morgan fingerprint density at radius 2 is 2.00 bits per heavy atom.